The van der Waals surface area contributed by atoms with Crippen LogP contribution in [0.3, 0.4) is 0 Å². The monoisotopic (exact) mass is 527 g/mol. The Labute approximate surface area is 214 Å². The number of fused-ring (bicyclic) bond motifs is 3. The van der Waals surface area contributed by atoms with Gasteiger partial charge in [0.25, 0.3) is 11.1 Å². The minimum Gasteiger partial charge on any atom is -0.497 e. The Morgan fingerprint density at radius 1 is 0.919 bits per heavy atom. The number of carbonyl (C=O) groups excluding carboxylic acids is 1. The summed E-state index contributed by atoms with van der Waals surface area (Å²) in [6, 6.07) is 9.35. The summed E-state index contributed by atoms with van der Waals surface area (Å²) in [5, 5.41) is 0.884. The summed E-state index contributed by atoms with van der Waals surface area (Å²) in [7, 11) is -1.67. The average molecular weight is 528 g/mol. The van der Waals surface area contributed by atoms with E-state index < -0.39 is 32.4 Å². The van der Waals surface area contributed by atoms with Crippen molar-refractivity contribution < 1.29 is 27.0 Å². The summed E-state index contributed by atoms with van der Waals surface area (Å²) in [5.74, 6) is -0.136. The van der Waals surface area contributed by atoms with Crippen molar-refractivity contribution in [1.82, 2.24) is 4.73 Å². The van der Waals surface area contributed by atoms with Crippen molar-refractivity contribution in [2.45, 2.75) is 39.5 Å². The zero-order valence-electron chi connectivity index (χ0n) is 21.2. The minimum absolute atomic E-state index is 0.0322. The lowest BCUT2D eigenvalue weighted by Crippen LogP contribution is -2.47. The molecule has 196 valence electrons. The standard InChI is InChI=1S/C27H29NO8S/c1-17(2)6-11-24(29)27(12-5-13-27)16-37(32,33)36-28-25(30)22-14-18(34-3)7-9-20(22)21-10-8-19(35-4)15-23(21)26(28)31/h6-10,14-15H,5,11-13,16H2,1-4H3. The van der Waals surface area contributed by atoms with Gasteiger partial charge in [0.2, 0.25) is 0 Å². The Morgan fingerprint density at radius 3 is 1.84 bits per heavy atom. The second-order valence-corrected chi connectivity index (χ2v) is 11.1. The molecule has 0 unspecified atom stereocenters. The SMILES string of the molecule is COc1ccc2c(c1)c(=O)n(OS(=O)(=O)CC1(C(=O)CC=C(C)C)CCC1)c(=O)c1cc(OC)ccc12. The molecule has 1 fully saturated rings. The van der Waals surface area contributed by atoms with Crippen molar-refractivity contribution in [1.29, 1.82) is 0 Å². The summed E-state index contributed by atoms with van der Waals surface area (Å²) in [4.78, 5) is 40.0. The normalized spacial score (nSPS) is 14.6. The molecule has 0 spiro atoms. The maximum Gasteiger partial charge on any atom is 0.328 e. The van der Waals surface area contributed by atoms with Gasteiger partial charge in [0.15, 0.2) is 0 Å². The Hall–Kier alpha value is -3.66. The molecule has 0 aliphatic heterocycles. The first-order valence-corrected chi connectivity index (χ1v) is 13.4. The van der Waals surface area contributed by atoms with Gasteiger partial charge in [0, 0.05) is 11.8 Å². The maximum atomic E-state index is 13.5. The van der Waals surface area contributed by atoms with Crippen LogP contribution in [0.2, 0.25) is 0 Å². The molecule has 0 amide bonds. The largest absolute Gasteiger partial charge is 0.497 e. The van der Waals surface area contributed by atoms with Crippen LogP contribution >= 0.6 is 0 Å². The van der Waals surface area contributed by atoms with Crippen molar-refractivity contribution in [3.8, 4) is 11.5 Å². The van der Waals surface area contributed by atoms with Gasteiger partial charge in [-0.05, 0) is 73.9 Å². The summed E-state index contributed by atoms with van der Waals surface area (Å²) < 4.78 is 42.4. The van der Waals surface area contributed by atoms with E-state index in [9.17, 15) is 22.8 Å². The number of nitrogens with zero attached hydrogens (tertiary/aromatic N) is 1. The van der Waals surface area contributed by atoms with Crippen molar-refractivity contribution in [3.63, 3.8) is 0 Å². The molecule has 0 radical (unpaired) electrons. The molecular weight excluding hydrogens is 498 g/mol. The van der Waals surface area contributed by atoms with Crippen LogP contribution in [-0.4, -0.2) is 38.9 Å². The first-order valence-electron chi connectivity index (χ1n) is 11.8. The van der Waals surface area contributed by atoms with E-state index in [1.54, 1.807) is 30.3 Å². The van der Waals surface area contributed by atoms with Crippen molar-refractivity contribution >= 4 is 37.4 Å². The third-order valence-electron chi connectivity index (χ3n) is 6.81. The molecule has 1 aromatic heterocycles. The minimum atomic E-state index is -4.52. The number of ketones is 1. The number of hydrogen-bond acceptors (Lipinski definition) is 8. The van der Waals surface area contributed by atoms with Crippen LogP contribution in [0.5, 0.6) is 11.5 Å². The highest BCUT2D eigenvalue weighted by atomic mass is 32.2. The number of benzene rings is 2. The quantitative estimate of drug-likeness (QED) is 0.389. The second-order valence-electron chi connectivity index (χ2n) is 9.55. The molecule has 10 heteroatoms. The predicted molar refractivity (Wildman–Crippen MR) is 141 cm³/mol. The summed E-state index contributed by atoms with van der Waals surface area (Å²) >= 11 is 0. The number of carbonyl (C=O) groups is 1. The molecule has 1 saturated carbocycles. The lowest BCUT2D eigenvalue weighted by Gasteiger charge is -2.39. The highest BCUT2D eigenvalue weighted by Crippen LogP contribution is 2.44. The summed E-state index contributed by atoms with van der Waals surface area (Å²) in [6.45, 7) is 3.72. The Bertz CT molecular complexity index is 1560. The van der Waals surface area contributed by atoms with Gasteiger partial charge in [0.05, 0.1) is 25.0 Å². The number of rotatable bonds is 9. The van der Waals surface area contributed by atoms with Gasteiger partial charge in [-0.3, -0.25) is 18.7 Å². The van der Waals surface area contributed by atoms with Gasteiger partial charge in [-0.25, -0.2) is 0 Å². The fourth-order valence-corrected chi connectivity index (χ4v) is 6.14. The molecule has 0 bridgehead atoms. The summed E-state index contributed by atoms with van der Waals surface area (Å²) in [6.07, 6.45) is 3.37. The fourth-order valence-electron chi connectivity index (χ4n) is 4.60. The van der Waals surface area contributed by atoms with Crippen LogP contribution in [0, 0.1) is 5.41 Å². The molecule has 0 atom stereocenters. The van der Waals surface area contributed by atoms with Gasteiger partial charge in [0.1, 0.15) is 23.0 Å². The Morgan fingerprint density at radius 2 is 1.43 bits per heavy atom. The van der Waals surface area contributed by atoms with Gasteiger partial charge in [-0.2, -0.15) is 8.42 Å². The van der Waals surface area contributed by atoms with E-state index in [-0.39, 0.29) is 27.7 Å². The topological polar surface area (TPSA) is 118 Å². The van der Waals surface area contributed by atoms with E-state index >= 15 is 0 Å². The maximum absolute atomic E-state index is 13.5. The lowest BCUT2D eigenvalue weighted by atomic mass is 9.66. The van der Waals surface area contributed by atoms with Crippen molar-refractivity contribution in [2.24, 2.45) is 5.41 Å². The van der Waals surface area contributed by atoms with Crippen LogP contribution in [0.4, 0.5) is 0 Å². The van der Waals surface area contributed by atoms with Gasteiger partial charge in [-0.1, -0.05) is 22.8 Å². The molecule has 1 aliphatic rings. The van der Waals surface area contributed by atoms with Crippen LogP contribution < -0.4 is 24.9 Å². The van der Waals surface area contributed by atoms with E-state index in [1.807, 2.05) is 13.8 Å². The molecule has 2 aromatic carbocycles. The highest BCUT2D eigenvalue weighted by molar-refractivity contribution is 7.86. The fraction of sp³-hybridized carbons (Fsp3) is 0.370. The van der Waals surface area contributed by atoms with Crippen molar-refractivity contribution in [3.05, 3.63) is 68.8 Å². The molecule has 0 saturated heterocycles. The lowest BCUT2D eigenvalue weighted by molar-refractivity contribution is -0.131. The van der Waals surface area contributed by atoms with Gasteiger partial charge in [-0.15, -0.1) is 0 Å². The van der Waals surface area contributed by atoms with Crippen LogP contribution in [0.1, 0.15) is 39.5 Å². The van der Waals surface area contributed by atoms with E-state index in [0.29, 0.717) is 41.5 Å². The highest BCUT2D eigenvalue weighted by Gasteiger charge is 2.47. The number of ether oxygens (including phenoxy) is 2. The van der Waals surface area contributed by atoms with E-state index in [4.69, 9.17) is 13.8 Å². The van der Waals surface area contributed by atoms with Crippen LogP contribution in [0.15, 0.2) is 57.6 Å². The molecular formula is C27H29NO8S. The second kappa shape index (κ2) is 10.0. The van der Waals surface area contributed by atoms with E-state index in [2.05, 4.69) is 0 Å². The predicted octanol–water partition coefficient (Wildman–Crippen LogP) is 3.39. The van der Waals surface area contributed by atoms with E-state index in [0.717, 1.165) is 5.57 Å². The van der Waals surface area contributed by atoms with Crippen molar-refractivity contribution in [2.75, 3.05) is 20.0 Å². The van der Waals surface area contributed by atoms with Gasteiger partial charge < -0.3 is 9.47 Å². The van der Waals surface area contributed by atoms with Gasteiger partial charge >= 0.3 is 10.1 Å². The molecule has 4 rings (SSSR count). The first-order chi connectivity index (χ1) is 17.5. The number of hydrogen-bond donors (Lipinski definition) is 0. The molecule has 9 nitrogen and oxygen atoms in total. The van der Waals surface area contributed by atoms with Crippen LogP contribution in [-0.2, 0) is 14.9 Å². The number of allylic oxidation sites excluding steroid dienone is 2. The van der Waals surface area contributed by atoms with Crippen LogP contribution in [0.25, 0.3) is 21.5 Å². The zero-order chi connectivity index (χ0) is 27.0. The summed E-state index contributed by atoms with van der Waals surface area (Å²) in [5.41, 5.74) is -2.08. The Balaban J connectivity index is 1.88. The third kappa shape index (κ3) is 5.11. The first kappa shape index (κ1) is 26.4. The molecule has 37 heavy (non-hydrogen) atoms. The third-order valence-corrected chi connectivity index (χ3v) is 8.09. The molecule has 1 aliphatic carbocycles. The molecule has 3 aromatic rings. The molecule has 1 heterocycles. The average Bonchev–Trinajstić information content (AvgIpc) is 2.93. The molecule has 0 N–H and O–H groups in total. The Kier molecular flexibility index (Phi) is 7.14. The smallest absolute Gasteiger partial charge is 0.328 e. The number of Topliss-reactive ketones (excluding diaryl/α,β-unsaturated/α-hetero) is 1. The zero-order valence-corrected chi connectivity index (χ0v) is 22.0. The van der Waals surface area contributed by atoms with E-state index in [1.165, 1.54) is 26.4 Å². The number of aromatic nitrogens is 1. The number of methoxy groups -OCH3 is 2.